The van der Waals surface area contributed by atoms with Crippen LogP contribution in [0.1, 0.15) is 17.3 Å². The quantitative estimate of drug-likeness (QED) is 0.655. The van der Waals surface area contributed by atoms with Gasteiger partial charge in [-0.1, -0.05) is 29.3 Å². The van der Waals surface area contributed by atoms with Crippen molar-refractivity contribution in [1.29, 1.82) is 0 Å². The fraction of sp³-hybridized carbons (Fsp3) is 0.0909. The van der Waals surface area contributed by atoms with Gasteiger partial charge in [0.2, 0.25) is 0 Å². The molecule has 0 radical (unpaired) electrons. The molecular weight excluding hydrogens is 247 g/mol. The van der Waals surface area contributed by atoms with Crippen LogP contribution in [0.4, 0.5) is 0 Å². The molecule has 0 unspecified atom stereocenters. The molecule has 0 saturated heterocycles. The highest BCUT2D eigenvalue weighted by Crippen LogP contribution is 2.22. The van der Waals surface area contributed by atoms with Crippen LogP contribution >= 0.6 is 23.2 Å². The third-order valence-corrected chi connectivity index (χ3v) is 2.44. The van der Waals surface area contributed by atoms with Gasteiger partial charge in [-0.25, -0.2) is 5.43 Å². The molecule has 0 heterocycles. The molecule has 0 aliphatic rings. The Balaban J connectivity index is 2.70. The largest absolute Gasteiger partial charge is 0.271 e. The van der Waals surface area contributed by atoms with Gasteiger partial charge in [-0.15, -0.1) is 0 Å². The molecule has 0 aliphatic heterocycles. The average Bonchev–Trinajstić information content (AvgIpc) is 2.28. The Morgan fingerprint density at radius 1 is 1.38 bits per heavy atom. The first-order valence-electron chi connectivity index (χ1n) is 4.55. The van der Waals surface area contributed by atoms with Crippen LogP contribution in [0.2, 0.25) is 10.0 Å². The maximum atomic E-state index is 11.5. The second-order valence-electron chi connectivity index (χ2n) is 2.87. The fourth-order valence-corrected chi connectivity index (χ4v) is 1.23. The SMILES string of the molecule is C/C=C/C=N/NC(=O)c1ccc(Cl)c(Cl)c1. The lowest BCUT2D eigenvalue weighted by molar-refractivity contribution is 0.0955. The summed E-state index contributed by atoms with van der Waals surface area (Å²) in [4.78, 5) is 11.5. The highest BCUT2D eigenvalue weighted by Gasteiger charge is 2.06. The number of allylic oxidation sites excluding steroid dienone is 2. The highest BCUT2D eigenvalue weighted by molar-refractivity contribution is 6.42. The van der Waals surface area contributed by atoms with E-state index in [9.17, 15) is 4.79 Å². The Morgan fingerprint density at radius 3 is 2.75 bits per heavy atom. The van der Waals surface area contributed by atoms with Gasteiger partial charge >= 0.3 is 0 Å². The molecule has 1 aromatic carbocycles. The third kappa shape index (κ3) is 3.68. The summed E-state index contributed by atoms with van der Waals surface area (Å²) in [5, 5.41) is 4.45. The van der Waals surface area contributed by atoms with Crippen LogP contribution in [-0.2, 0) is 0 Å². The van der Waals surface area contributed by atoms with Crippen molar-refractivity contribution in [3.63, 3.8) is 0 Å². The normalized spacial score (nSPS) is 11.2. The van der Waals surface area contributed by atoms with Crippen molar-refractivity contribution >= 4 is 35.3 Å². The fourth-order valence-electron chi connectivity index (χ4n) is 0.927. The van der Waals surface area contributed by atoms with E-state index in [1.165, 1.54) is 12.3 Å². The number of hydrogen-bond acceptors (Lipinski definition) is 2. The molecule has 0 saturated carbocycles. The maximum Gasteiger partial charge on any atom is 0.271 e. The molecule has 1 N–H and O–H groups in total. The molecule has 0 aromatic heterocycles. The molecule has 1 amide bonds. The summed E-state index contributed by atoms with van der Waals surface area (Å²) in [6.07, 6.45) is 4.99. The molecule has 0 bridgehead atoms. The summed E-state index contributed by atoms with van der Waals surface area (Å²) in [5.41, 5.74) is 2.77. The minimum atomic E-state index is -0.334. The van der Waals surface area contributed by atoms with E-state index in [4.69, 9.17) is 23.2 Å². The Hall–Kier alpha value is -1.32. The van der Waals surface area contributed by atoms with Gasteiger partial charge in [0, 0.05) is 11.8 Å². The first-order valence-corrected chi connectivity index (χ1v) is 5.30. The van der Waals surface area contributed by atoms with Crippen molar-refractivity contribution in [3.8, 4) is 0 Å². The minimum absolute atomic E-state index is 0.334. The number of amides is 1. The number of benzene rings is 1. The van der Waals surface area contributed by atoms with Crippen LogP contribution < -0.4 is 5.43 Å². The summed E-state index contributed by atoms with van der Waals surface area (Å²) < 4.78 is 0. The van der Waals surface area contributed by atoms with Crippen molar-refractivity contribution in [2.24, 2.45) is 5.10 Å². The highest BCUT2D eigenvalue weighted by atomic mass is 35.5. The van der Waals surface area contributed by atoms with Crippen LogP contribution in [0.5, 0.6) is 0 Å². The lowest BCUT2D eigenvalue weighted by Crippen LogP contribution is -2.17. The van der Waals surface area contributed by atoms with Crippen molar-refractivity contribution in [2.45, 2.75) is 6.92 Å². The van der Waals surface area contributed by atoms with Crippen molar-refractivity contribution in [1.82, 2.24) is 5.43 Å². The average molecular weight is 257 g/mol. The van der Waals surface area contributed by atoms with Gasteiger partial charge < -0.3 is 0 Å². The molecule has 16 heavy (non-hydrogen) atoms. The predicted molar refractivity (Wildman–Crippen MR) is 67.2 cm³/mol. The van der Waals surface area contributed by atoms with E-state index in [0.717, 1.165) is 0 Å². The summed E-state index contributed by atoms with van der Waals surface area (Å²) in [6.45, 7) is 1.85. The van der Waals surface area contributed by atoms with Crippen molar-refractivity contribution in [2.75, 3.05) is 0 Å². The smallest absolute Gasteiger partial charge is 0.267 e. The molecule has 5 heteroatoms. The Labute approximate surface area is 104 Å². The van der Waals surface area contributed by atoms with Gasteiger partial charge in [-0.2, -0.15) is 5.10 Å². The van der Waals surface area contributed by atoms with Crippen molar-refractivity contribution in [3.05, 3.63) is 46.0 Å². The van der Waals surface area contributed by atoms with E-state index in [-0.39, 0.29) is 5.91 Å². The van der Waals surface area contributed by atoms with Gasteiger partial charge in [0.05, 0.1) is 10.0 Å². The van der Waals surface area contributed by atoms with E-state index < -0.39 is 0 Å². The van der Waals surface area contributed by atoms with Crippen LogP contribution in [-0.4, -0.2) is 12.1 Å². The number of carbonyl (C=O) groups is 1. The summed E-state index contributed by atoms with van der Waals surface area (Å²) in [6, 6.07) is 4.63. The lowest BCUT2D eigenvalue weighted by atomic mass is 10.2. The molecule has 3 nitrogen and oxygen atoms in total. The first kappa shape index (κ1) is 12.7. The first-order chi connectivity index (χ1) is 7.65. The van der Waals surface area contributed by atoms with Crippen LogP contribution in [0, 0.1) is 0 Å². The van der Waals surface area contributed by atoms with Gasteiger partial charge in [-0.05, 0) is 31.2 Å². The van der Waals surface area contributed by atoms with Gasteiger partial charge in [0.15, 0.2) is 0 Å². The molecular formula is C11H10Cl2N2O. The molecule has 1 rings (SSSR count). The number of hydrazone groups is 1. The monoisotopic (exact) mass is 256 g/mol. The van der Waals surface area contributed by atoms with Crippen LogP contribution in [0.3, 0.4) is 0 Å². The molecule has 0 fully saturated rings. The summed E-state index contributed by atoms with van der Waals surface area (Å²) >= 11 is 11.5. The van der Waals surface area contributed by atoms with E-state index >= 15 is 0 Å². The zero-order valence-electron chi connectivity index (χ0n) is 8.58. The zero-order valence-corrected chi connectivity index (χ0v) is 10.1. The van der Waals surface area contributed by atoms with E-state index in [1.807, 2.05) is 6.92 Å². The van der Waals surface area contributed by atoms with Crippen molar-refractivity contribution < 1.29 is 4.79 Å². The van der Waals surface area contributed by atoms with Gasteiger partial charge in [0.25, 0.3) is 5.91 Å². The topological polar surface area (TPSA) is 41.5 Å². The Bertz CT molecular complexity index is 442. The number of halogens is 2. The third-order valence-electron chi connectivity index (χ3n) is 1.70. The van der Waals surface area contributed by atoms with Gasteiger partial charge in [0.1, 0.15) is 0 Å². The summed E-state index contributed by atoms with van der Waals surface area (Å²) in [5.74, 6) is -0.334. The second-order valence-corrected chi connectivity index (χ2v) is 3.69. The number of hydrogen-bond donors (Lipinski definition) is 1. The number of nitrogens with zero attached hydrogens (tertiary/aromatic N) is 1. The Morgan fingerprint density at radius 2 is 2.12 bits per heavy atom. The standard InChI is InChI=1S/C11H10Cl2N2O/c1-2-3-6-14-15-11(16)8-4-5-9(12)10(13)7-8/h2-7H,1H3,(H,15,16)/b3-2+,14-6+. The number of rotatable bonds is 3. The molecule has 0 atom stereocenters. The second kappa shape index (κ2) is 6.30. The van der Waals surface area contributed by atoms with Gasteiger partial charge in [-0.3, -0.25) is 4.79 Å². The molecule has 0 aliphatic carbocycles. The zero-order chi connectivity index (χ0) is 12.0. The Kier molecular flexibility index (Phi) is 5.02. The van der Waals surface area contributed by atoms with E-state index in [0.29, 0.717) is 15.6 Å². The molecule has 0 spiro atoms. The lowest BCUT2D eigenvalue weighted by Gasteiger charge is -2.01. The number of carbonyl (C=O) groups excluding carboxylic acids is 1. The molecule has 1 aromatic rings. The minimum Gasteiger partial charge on any atom is -0.267 e. The van der Waals surface area contributed by atoms with E-state index in [2.05, 4.69) is 10.5 Å². The number of nitrogens with one attached hydrogen (secondary N) is 1. The van der Waals surface area contributed by atoms with Crippen LogP contribution in [0.15, 0.2) is 35.5 Å². The van der Waals surface area contributed by atoms with E-state index in [1.54, 1.807) is 24.3 Å². The molecule has 84 valence electrons. The van der Waals surface area contributed by atoms with Crippen LogP contribution in [0.25, 0.3) is 0 Å². The maximum absolute atomic E-state index is 11.5. The summed E-state index contributed by atoms with van der Waals surface area (Å²) in [7, 11) is 0. The predicted octanol–water partition coefficient (Wildman–Crippen LogP) is 3.29.